The minimum atomic E-state index is 0.429. The molecule has 0 fully saturated rings. The van der Waals surface area contributed by atoms with Crippen LogP contribution in [0.1, 0.15) is 11.3 Å². The fraction of sp³-hybridized carbons (Fsp3) is 0.125. The molecule has 0 spiro atoms. The molecule has 58 valence electrons. The van der Waals surface area contributed by atoms with Gasteiger partial charge in [0.1, 0.15) is 18.0 Å². The molecule has 0 amide bonds. The number of fused-ring (bicyclic) bond motifs is 1. The number of hydrogen-bond donors (Lipinski definition) is 1. The van der Waals surface area contributed by atoms with Gasteiger partial charge in [-0.2, -0.15) is 5.26 Å². The standard InChI is InChI=1S/C8H6N4/c1-5-3-10-8-7(5)6(2-9)11-4-12-8/h3-4H,1H3,(H,10,11,12). The third kappa shape index (κ3) is 0.768. The Labute approximate surface area is 68.9 Å². The van der Waals surface area contributed by atoms with Gasteiger partial charge < -0.3 is 4.98 Å². The first-order valence-electron chi connectivity index (χ1n) is 3.51. The van der Waals surface area contributed by atoms with Crippen LogP contribution in [-0.2, 0) is 0 Å². The second kappa shape index (κ2) is 2.31. The second-order valence-electron chi connectivity index (χ2n) is 2.53. The smallest absolute Gasteiger partial charge is 0.153 e. The van der Waals surface area contributed by atoms with Crippen molar-refractivity contribution in [3.8, 4) is 6.07 Å². The van der Waals surface area contributed by atoms with E-state index in [9.17, 15) is 0 Å². The van der Waals surface area contributed by atoms with E-state index < -0.39 is 0 Å². The molecule has 1 N–H and O–H groups in total. The summed E-state index contributed by atoms with van der Waals surface area (Å²) in [4.78, 5) is 10.8. The molecule has 0 unspecified atom stereocenters. The zero-order chi connectivity index (χ0) is 8.55. The molecule has 0 saturated heterocycles. The number of aryl methyl sites for hydroxylation is 1. The lowest BCUT2D eigenvalue weighted by Crippen LogP contribution is -1.86. The molecule has 2 heterocycles. The lowest BCUT2D eigenvalue weighted by molar-refractivity contribution is 1.17. The third-order valence-corrected chi connectivity index (χ3v) is 1.77. The minimum absolute atomic E-state index is 0.429. The van der Waals surface area contributed by atoms with Crippen LogP contribution in [0.25, 0.3) is 11.0 Å². The zero-order valence-electron chi connectivity index (χ0n) is 6.50. The summed E-state index contributed by atoms with van der Waals surface area (Å²) in [5, 5.41) is 9.54. The van der Waals surface area contributed by atoms with E-state index in [1.54, 1.807) is 0 Å². The highest BCUT2D eigenvalue weighted by Gasteiger charge is 2.06. The SMILES string of the molecule is Cc1c[nH]c2ncnc(C#N)c12. The fourth-order valence-corrected chi connectivity index (χ4v) is 1.20. The fourth-order valence-electron chi connectivity index (χ4n) is 1.20. The Hall–Kier alpha value is -1.89. The van der Waals surface area contributed by atoms with Crippen LogP contribution in [0, 0.1) is 18.3 Å². The van der Waals surface area contributed by atoms with Crippen molar-refractivity contribution < 1.29 is 0 Å². The monoisotopic (exact) mass is 158 g/mol. The van der Waals surface area contributed by atoms with Crippen molar-refractivity contribution in [2.75, 3.05) is 0 Å². The molecule has 0 aliphatic heterocycles. The van der Waals surface area contributed by atoms with Crippen molar-refractivity contribution in [1.82, 2.24) is 15.0 Å². The topological polar surface area (TPSA) is 65.4 Å². The molecule has 0 aromatic carbocycles. The summed E-state index contributed by atoms with van der Waals surface area (Å²) < 4.78 is 0. The summed E-state index contributed by atoms with van der Waals surface area (Å²) in [6.07, 6.45) is 3.21. The van der Waals surface area contributed by atoms with E-state index in [4.69, 9.17) is 5.26 Å². The normalized spacial score (nSPS) is 10.0. The van der Waals surface area contributed by atoms with Gasteiger partial charge in [-0.1, -0.05) is 0 Å². The van der Waals surface area contributed by atoms with Gasteiger partial charge in [0, 0.05) is 6.20 Å². The maximum Gasteiger partial charge on any atom is 0.153 e. The van der Waals surface area contributed by atoms with Crippen molar-refractivity contribution in [2.45, 2.75) is 6.92 Å². The van der Waals surface area contributed by atoms with Gasteiger partial charge >= 0.3 is 0 Å². The minimum Gasteiger partial charge on any atom is -0.346 e. The van der Waals surface area contributed by atoms with Crippen molar-refractivity contribution >= 4 is 11.0 Å². The number of aromatic amines is 1. The number of H-pyrrole nitrogens is 1. The van der Waals surface area contributed by atoms with Gasteiger partial charge in [0.15, 0.2) is 5.69 Å². The number of aromatic nitrogens is 3. The highest BCUT2D eigenvalue weighted by atomic mass is 14.9. The lowest BCUT2D eigenvalue weighted by atomic mass is 10.2. The summed E-state index contributed by atoms with van der Waals surface area (Å²) >= 11 is 0. The first kappa shape index (κ1) is 6.80. The average Bonchev–Trinajstić information content (AvgIpc) is 2.48. The summed E-state index contributed by atoms with van der Waals surface area (Å²) in [6, 6.07) is 2.03. The Balaban J connectivity index is 2.96. The number of nitrogens with one attached hydrogen (secondary N) is 1. The molecule has 0 radical (unpaired) electrons. The Morgan fingerprint density at radius 3 is 3.08 bits per heavy atom. The quantitative estimate of drug-likeness (QED) is 0.625. The molecular weight excluding hydrogens is 152 g/mol. The van der Waals surface area contributed by atoms with E-state index in [0.29, 0.717) is 5.69 Å². The van der Waals surface area contributed by atoms with Gasteiger partial charge in [0.25, 0.3) is 0 Å². The predicted octanol–water partition coefficient (Wildman–Crippen LogP) is 1.14. The Kier molecular flexibility index (Phi) is 1.31. The van der Waals surface area contributed by atoms with Crippen LogP contribution in [0.15, 0.2) is 12.5 Å². The third-order valence-electron chi connectivity index (χ3n) is 1.77. The Morgan fingerprint density at radius 2 is 2.33 bits per heavy atom. The number of hydrogen-bond acceptors (Lipinski definition) is 3. The zero-order valence-corrected chi connectivity index (χ0v) is 6.50. The highest BCUT2D eigenvalue weighted by Crippen LogP contribution is 2.16. The van der Waals surface area contributed by atoms with Gasteiger partial charge in [-0.25, -0.2) is 9.97 Å². The maximum absolute atomic E-state index is 8.72. The molecule has 0 bridgehead atoms. The Morgan fingerprint density at radius 1 is 1.50 bits per heavy atom. The van der Waals surface area contributed by atoms with Gasteiger partial charge in [0.05, 0.1) is 5.39 Å². The molecule has 4 heteroatoms. The lowest BCUT2D eigenvalue weighted by Gasteiger charge is -1.91. The van der Waals surface area contributed by atoms with E-state index in [2.05, 4.69) is 15.0 Å². The number of rotatable bonds is 0. The molecule has 2 rings (SSSR count). The first-order valence-corrected chi connectivity index (χ1v) is 3.51. The molecule has 0 atom stereocenters. The van der Waals surface area contributed by atoms with Crippen molar-refractivity contribution in [2.24, 2.45) is 0 Å². The van der Waals surface area contributed by atoms with Gasteiger partial charge in [0.2, 0.25) is 0 Å². The van der Waals surface area contributed by atoms with Crippen LogP contribution in [0.5, 0.6) is 0 Å². The van der Waals surface area contributed by atoms with E-state index >= 15 is 0 Å². The highest BCUT2D eigenvalue weighted by molar-refractivity contribution is 5.83. The van der Waals surface area contributed by atoms with E-state index in [1.807, 2.05) is 19.2 Å². The molecule has 0 aliphatic carbocycles. The Bertz CT molecular complexity index is 463. The van der Waals surface area contributed by atoms with Gasteiger partial charge in [-0.3, -0.25) is 0 Å². The van der Waals surface area contributed by atoms with Crippen LogP contribution in [0.2, 0.25) is 0 Å². The summed E-state index contributed by atoms with van der Waals surface area (Å²) in [7, 11) is 0. The van der Waals surface area contributed by atoms with E-state index in [1.165, 1.54) is 6.33 Å². The first-order chi connectivity index (χ1) is 5.83. The summed E-state index contributed by atoms with van der Waals surface area (Å²) in [6.45, 7) is 1.92. The van der Waals surface area contributed by atoms with Crippen LogP contribution in [-0.4, -0.2) is 15.0 Å². The molecule has 0 aliphatic rings. The van der Waals surface area contributed by atoms with Crippen molar-refractivity contribution in [3.05, 3.63) is 23.8 Å². The molecule has 12 heavy (non-hydrogen) atoms. The van der Waals surface area contributed by atoms with Crippen LogP contribution in [0.4, 0.5) is 0 Å². The summed E-state index contributed by atoms with van der Waals surface area (Å²) in [5.41, 5.74) is 2.15. The van der Waals surface area contributed by atoms with Crippen LogP contribution in [0.3, 0.4) is 0 Å². The maximum atomic E-state index is 8.72. The molecule has 0 saturated carbocycles. The average molecular weight is 158 g/mol. The largest absolute Gasteiger partial charge is 0.346 e. The predicted molar refractivity (Wildman–Crippen MR) is 43.3 cm³/mol. The van der Waals surface area contributed by atoms with E-state index in [-0.39, 0.29) is 0 Å². The van der Waals surface area contributed by atoms with Crippen LogP contribution >= 0.6 is 0 Å². The van der Waals surface area contributed by atoms with Crippen LogP contribution < -0.4 is 0 Å². The van der Waals surface area contributed by atoms with Crippen molar-refractivity contribution in [3.63, 3.8) is 0 Å². The number of nitrogens with zero attached hydrogens (tertiary/aromatic N) is 3. The number of nitriles is 1. The van der Waals surface area contributed by atoms with Gasteiger partial charge in [-0.05, 0) is 12.5 Å². The molecule has 2 aromatic rings. The molecule has 4 nitrogen and oxygen atoms in total. The van der Waals surface area contributed by atoms with Crippen molar-refractivity contribution in [1.29, 1.82) is 5.26 Å². The molecule has 2 aromatic heterocycles. The van der Waals surface area contributed by atoms with Gasteiger partial charge in [-0.15, -0.1) is 0 Å². The van der Waals surface area contributed by atoms with E-state index in [0.717, 1.165) is 16.6 Å². The second-order valence-corrected chi connectivity index (χ2v) is 2.53. The summed E-state index contributed by atoms with van der Waals surface area (Å²) in [5.74, 6) is 0. The molecular formula is C8H6N4.